The number of urea groups is 1. The molecule has 0 saturated carbocycles. The molecule has 2 aromatic carbocycles. The normalized spacial score (nSPS) is 15.2. The monoisotopic (exact) mass is 451 g/mol. The summed E-state index contributed by atoms with van der Waals surface area (Å²) in [6.07, 6.45) is 3.17. The number of hydrogen-bond donors (Lipinski definition) is 1. The van der Waals surface area contributed by atoms with Gasteiger partial charge in [-0.3, -0.25) is 14.9 Å². The number of imide groups is 2. The molecule has 1 fully saturated rings. The van der Waals surface area contributed by atoms with Crippen molar-refractivity contribution >= 4 is 41.2 Å². The van der Waals surface area contributed by atoms with E-state index in [0.29, 0.717) is 33.6 Å². The number of carbonyl (C=O) groups excluding carboxylic acids is 3. The van der Waals surface area contributed by atoms with Gasteiger partial charge < -0.3 is 14.0 Å². The lowest BCUT2D eigenvalue weighted by molar-refractivity contribution is -0.122. The van der Waals surface area contributed by atoms with Gasteiger partial charge in [0.25, 0.3) is 11.8 Å². The topological polar surface area (TPSA) is 89.9 Å². The van der Waals surface area contributed by atoms with Gasteiger partial charge in [0.2, 0.25) is 0 Å². The number of benzene rings is 2. The van der Waals surface area contributed by atoms with Crippen molar-refractivity contribution in [2.45, 2.75) is 0 Å². The van der Waals surface area contributed by atoms with E-state index in [4.69, 9.17) is 21.1 Å². The lowest BCUT2D eigenvalue weighted by Crippen LogP contribution is -2.54. The second-order valence-electron chi connectivity index (χ2n) is 6.78. The molecule has 2 heterocycles. The van der Waals surface area contributed by atoms with Crippen molar-refractivity contribution in [3.8, 4) is 17.2 Å². The van der Waals surface area contributed by atoms with Crippen molar-refractivity contribution < 1.29 is 23.9 Å². The van der Waals surface area contributed by atoms with Gasteiger partial charge >= 0.3 is 6.03 Å². The number of nitrogens with zero attached hydrogens (tertiary/aromatic N) is 2. The predicted molar refractivity (Wildman–Crippen MR) is 119 cm³/mol. The molecule has 32 heavy (non-hydrogen) atoms. The van der Waals surface area contributed by atoms with E-state index in [0.717, 1.165) is 4.90 Å². The molecule has 0 unspecified atom stereocenters. The van der Waals surface area contributed by atoms with Gasteiger partial charge in [-0.05, 0) is 60.7 Å². The zero-order chi connectivity index (χ0) is 22.8. The van der Waals surface area contributed by atoms with E-state index in [2.05, 4.69) is 5.32 Å². The first-order chi connectivity index (χ1) is 15.4. The summed E-state index contributed by atoms with van der Waals surface area (Å²) >= 11 is 6.15. The van der Waals surface area contributed by atoms with Gasteiger partial charge in [0.1, 0.15) is 17.1 Å². The van der Waals surface area contributed by atoms with Crippen LogP contribution in [-0.2, 0) is 9.59 Å². The largest absolute Gasteiger partial charge is 0.497 e. The van der Waals surface area contributed by atoms with Crippen LogP contribution in [0.3, 0.4) is 0 Å². The van der Waals surface area contributed by atoms with Crippen molar-refractivity contribution in [1.82, 2.24) is 9.88 Å². The number of nitrogens with one attached hydrogen (secondary N) is 1. The minimum atomic E-state index is -0.825. The fourth-order valence-corrected chi connectivity index (χ4v) is 3.52. The molecule has 0 radical (unpaired) electrons. The van der Waals surface area contributed by atoms with Crippen LogP contribution in [0.5, 0.6) is 11.5 Å². The highest BCUT2D eigenvalue weighted by Gasteiger charge is 2.37. The van der Waals surface area contributed by atoms with E-state index in [1.807, 2.05) is 0 Å². The second kappa shape index (κ2) is 8.60. The molecule has 0 atom stereocenters. The fourth-order valence-electron chi connectivity index (χ4n) is 3.35. The minimum Gasteiger partial charge on any atom is -0.497 e. The van der Waals surface area contributed by atoms with Crippen LogP contribution in [0.1, 0.15) is 5.69 Å². The zero-order valence-electron chi connectivity index (χ0n) is 17.2. The zero-order valence-corrected chi connectivity index (χ0v) is 17.9. The number of rotatable bonds is 5. The summed E-state index contributed by atoms with van der Waals surface area (Å²) in [6, 6.07) is 14.1. The molecule has 1 aliphatic rings. The smallest absolute Gasteiger partial charge is 0.335 e. The highest BCUT2D eigenvalue weighted by atomic mass is 35.5. The molecule has 8 nitrogen and oxygen atoms in total. The third-order valence-corrected chi connectivity index (χ3v) is 5.14. The third kappa shape index (κ3) is 3.83. The average Bonchev–Trinajstić information content (AvgIpc) is 3.25. The third-order valence-electron chi connectivity index (χ3n) is 4.91. The maximum absolute atomic E-state index is 13.1. The van der Waals surface area contributed by atoms with Crippen molar-refractivity contribution in [3.63, 3.8) is 0 Å². The van der Waals surface area contributed by atoms with Gasteiger partial charge in [-0.2, -0.15) is 0 Å². The second-order valence-corrected chi connectivity index (χ2v) is 7.21. The Bertz CT molecular complexity index is 1250. The number of ether oxygens (including phenoxy) is 2. The number of anilines is 1. The van der Waals surface area contributed by atoms with Gasteiger partial charge in [0, 0.05) is 16.9 Å². The molecule has 1 saturated heterocycles. The van der Waals surface area contributed by atoms with Gasteiger partial charge in [-0.15, -0.1) is 0 Å². The molecular formula is C23H18ClN3O5. The van der Waals surface area contributed by atoms with Crippen LogP contribution in [-0.4, -0.2) is 36.6 Å². The van der Waals surface area contributed by atoms with Crippen molar-refractivity contribution in [1.29, 1.82) is 0 Å². The van der Waals surface area contributed by atoms with E-state index >= 15 is 0 Å². The fraction of sp³-hybridized carbons (Fsp3) is 0.0870. The Morgan fingerprint density at radius 3 is 2.41 bits per heavy atom. The van der Waals surface area contributed by atoms with Crippen LogP contribution in [0.15, 0.2) is 66.4 Å². The van der Waals surface area contributed by atoms with Crippen LogP contribution >= 0.6 is 11.6 Å². The molecule has 1 aromatic heterocycles. The summed E-state index contributed by atoms with van der Waals surface area (Å²) in [5.74, 6) is -0.399. The summed E-state index contributed by atoms with van der Waals surface area (Å²) in [4.78, 5) is 39.0. The standard InChI is InChI=1S/C23H18ClN3O5/c1-31-17-8-6-15(7-9-17)27-22(29)18(21(28)25-23(27)30)13-16-4-3-11-26(16)19-12-14(24)5-10-20(19)32-2/h3-13H,1-2H3,(H,25,28,30). The Morgan fingerprint density at radius 2 is 1.72 bits per heavy atom. The van der Waals surface area contributed by atoms with E-state index in [1.165, 1.54) is 20.3 Å². The molecule has 0 bridgehead atoms. The highest BCUT2D eigenvalue weighted by molar-refractivity contribution is 6.39. The van der Waals surface area contributed by atoms with E-state index in [-0.39, 0.29) is 5.57 Å². The average molecular weight is 452 g/mol. The molecule has 1 N–H and O–H groups in total. The van der Waals surface area contributed by atoms with Gasteiger partial charge in [0.05, 0.1) is 25.6 Å². The van der Waals surface area contributed by atoms with Crippen LogP contribution < -0.4 is 19.7 Å². The maximum atomic E-state index is 13.1. The molecule has 3 aromatic rings. The number of methoxy groups -OCH3 is 2. The Kier molecular flexibility index (Phi) is 5.70. The van der Waals surface area contributed by atoms with Crippen molar-refractivity contribution in [3.05, 3.63) is 77.1 Å². The molecule has 1 aliphatic heterocycles. The molecule has 162 valence electrons. The van der Waals surface area contributed by atoms with E-state index in [9.17, 15) is 14.4 Å². The van der Waals surface area contributed by atoms with Crippen LogP contribution in [0.2, 0.25) is 5.02 Å². The Labute approximate surface area is 188 Å². The summed E-state index contributed by atoms with van der Waals surface area (Å²) in [6.45, 7) is 0. The Hall–Kier alpha value is -4.04. The Balaban J connectivity index is 1.75. The molecule has 4 rings (SSSR count). The number of aromatic nitrogens is 1. The molecule has 9 heteroatoms. The first kappa shape index (κ1) is 21.2. The van der Waals surface area contributed by atoms with E-state index in [1.54, 1.807) is 65.4 Å². The lowest BCUT2D eigenvalue weighted by Gasteiger charge is -2.26. The van der Waals surface area contributed by atoms with Gasteiger partial charge in [-0.1, -0.05) is 11.6 Å². The molecular weight excluding hydrogens is 434 g/mol. The maximum Gasteiger partial charge on any atom is 0.335 e. The van der Waals surface area contributed by atoms with Crippen molar-refractivity contribution in [2.75, 3.05) is 19.1 Å². The first-order valence-corrected chi connectivity index (χ1v) is 9.87. The Morgan fingerprint density at radius 1 is 0.969 bits per heavy atom. The molecule has 0 spiro atoms. The molecule has 0 aliphatic carbocycles. The van der Waals surface area contributed by atoms with Crippen LogP contribution in [0, 0.1) is 0 Å². The van der Waals surface area contributed by atoms with Crippen LogP contribution in [0.25, 0.3) is 11.8 Å². The lowest BCUT2D eigenvalue weighted by atomic mass is 10.1. The summed E-state index contributed by atoms with van der Waals surface area (Å²) < 4.78 is 12.2. The minimum absolute atomic E-state index is 0.193. The van der Waals surface area contributed by atoms with Crippen molar-refractivity contribution in [2.24, 2.45) is 0 Å². The summed E-state index contributed by atoms with van der Waals surface area (Å²) in [5.41, 5.74) is 1.26. The molecule has 4 amide bonds. The summed E-state index contributed by atoms with van der Waals surface area (Å²) in [7, 11) is 3.04. The SMILES string of the molecule is COc1ccc(N2C(=O)NC(=O)C(=Cc3cccn3-c3cc(Cl)ccc3OC)C2=O)cc1. The van der Waals surface area contributed by atoms with E-state index < -0.39 is 17.8 Å². The number of barbiturate groups is 1. The quantitative estimate of drug-likeness (QED) is 0.470. The number of halogens is 1. The highest BCUT2D eigenvalue weighted by Crippen LogP contribution is 2.29. The summed E-state index contributed by atoms with van der Waals surface area (Å²) in [5, 5.41) is 2.71. The number of carbonyl (C=O) groups is 3. The van der Waals surface area contributed by atoms with Crippen LogP contribution in [0.4, 0.5) is 10.5 Å². The first-order valence-electron chi connectivity index (χ1n) is 9.49. The predicted octanol–water partition coefficient (Wildman–Crippen LogP) is 3.81. The number of hydrogen-bond acceptors (Lipinski definition) is 5. The van der Waals surface area contributed by atoms with Gasteiger partial charge in [-0.25, -0.2) is 9.69 Å². The number of amides is 4. The van der Waals surface area contributed by atoms with Gasteiger partial charge in [0.15, 0.2) is 0 Å².